The molecule has 22 heavy (non-hydrogen) atoms. The van der Waals surface area contributed by atoms with Crippen LogP contribution in [0.15, 0.2) is 47.6 Å². The van der Waals surface area contributed by atoms with Crippen molar-refractivity contribution in [3.63, 3.8) is 0 Å². The van der Waals surface area contributed by atoms with Crippen LogP contribution in [0.4, 0.5) is 5.69 Å². The molecule has 0 atom stereocenters. The monoisotopic (exact) mass is 414 g/mol. The van der Waals surface area contributed by atoms with E-state index in [2.05, 4.69) is 15.3 Å². The van der Waals surface area contributed by atoms with Gasteiger partial charge in [0.2, 0.25) is 0 Å². The van der Waals surface area contributed by atoms with Crippen LogP contribution in [0.1, 0.15) is 5.69 Å². The predicted octanol–water partition coefficient (Wildman–Crippen LogP) is 2.64. The van der Waals surface area contributed by atoms with Crippen molar-refractivity contribution in [3.8, 4) is 11.5 Å². The molecule has 2 aromatic rings. The molecule has 0 fully saturated rings. The predicted molar refractivity (Wildman–Crippen MR) is 98.1 cm³/mol. The Kier molecular flexibility index (Phi) is 7.44. The summed E-state index contributed by atoms with van der Waals surface area (Å²) in [7, 11) is 3.17. The number of ether oxygens (including phenoxy) is 2. The molecule has 2 rings (SSSR count). The Labute approximate surface area is 146 Å². The van der Waals surface area contributed by atoms with Crippen molar-refractivity contribution in [2.75, 3.05) is 19.5 Å². The minimum Gasteiger partial charge on any atom is -0.493 e. The van der Waals surface area contributed by atoms with Gasteiger partial charge in [-0.3, -0.25) is 4.98 Å². The van der Waals surface area contributed by atoms with Crippen molar-refractivity contribution in [2.45, 2.75) is 6.54 Å². The number of nitrogens with two attached hydrogens (primary N) is 1. The number of hydrogen-bond donors (Lipinski definition) is 2. The summed E-state index contributed by atoms with van der Waals surface area (Å²) in [6, 6.07) is 11.1. The summed E-state index contributed by atoms with van der Waals surface area (Å²) >= 11 is 0. The standard InChI is InChI=1S/C15H18N4O2.HI/c1-20-13-7-6-11(9-14(13)21-2)19-15(16)18-10-12-5-3-4-8-17-12;/h3-9H,10H2,1-2H3,(H3,16,18,19);1H. The summed E-state index contributed by atoms with van der Waals surface area (Å²) < 4.78 is 10.4. The van der Waals surface area contributed by atoms with Gasteiger partial charge in [0.05, 0.1) is 26.5 Å². The second-order valence-electron chi connectivity index (χ2n) is 4.22. The number of hydrogen-bond acceptors (Lipinski definition) is 4. The van der Waals surface area contributed by atoms with Gasteiger partial charge in [-0.25, -0.2) is 4.99 Å². The van der Waals surface area contributed by atoms with Gasteiger partial charge in [0.1, 0.15) is 0 Å². The molecule has 0 aliphatic carbocycles. The number of aromatic nitrogens is 1. The Morgan fingerprint density at radius 3 is 2.59 bits per heavy atom. The van der Waals surface area contributed by atoms with Crippen molar-refractivity contribution in [1.29, 1.82) is 0 Å². The maximum absolute atomic E-state index is 5.85. The number of rotatable bonds is 5. The lowest BCUT2D eigenvalue weighted by Gasteiger charge is -2.10. The first kappa shape index (κ1) is 18.0. The van der Waals surface area contributed by atoms with Gasteiger partial charge < -0.3 is 20.5 Å². The van der Waals surface area contributed by atoms with Gasteiger partial charge in [0.25, 0.3) is 0 Å². The van der Waals surface area contributed by atoms with Crippen LogP contribution in [-0.4, -0.2) is 25.2 Å². The highest BCUT2D eigenvalue weighted by Gasteiger charge is 2.05. The number of benzene rings is 1. The lowest BCUT2D eigenvalue weighted by Crippen LogP contribution is -2.22. The van der Waals surface area contributed by atoms with E-state index in [1.54, 1.807) is 32.5 Å². The van der Waals surface area contributed by atoms with E-state index in [4.69, 9.17) is 15.2 Å². The van der Waals surface area contributed by atoms with Crippen LogP contribution in [0.2, 0.25) is 0 Å². The third kappa shape index (κ3) is 5.06. The molecule has 1 aromatic carbocycles. The number of nitrogens with zero attached hydrogens (tertiary/aromatic N) is 2. The summed E-state index contributed by atoms with van der Waals surface area (Å²) in [4.78, 5) is 8.42. The first-order valence-electron chi connectivity index (χ1n) is 6.42. The number of aliphatic imine (C=N–C) groups is 1. The maximum Gasteiger partial charge on any atom is 0.193 e. The summed E-state index contributed by atoms with van der Waals surface area (Å²) in [5, 5.41) is 3.00. The number of nitrogens with one attached hydrogen (secondary N) is 1. The minimum atomic E-state index is 0. The fourth-order valence-corrected chi connectivity index (χ4v) is 1.76. The highest BCUT2D eigenvalue weighted by Crippen LogP contribution is 2.29. The second-order valence-corrected chi connectivity index (χ2v) is 4.22. The van der Waals surface area contributed by atoms with Crippen molar-refractivity contribution in [1.82, 2.24) is 4.98 Å². The Morgan fingerprint density at radius 1 is 1.18 bits per heavy atom. The molecule has 0 radical (unpaired) electrons. The third-order valence-electron chi connectivity index (χ3n) is 2.79. The van der Waals surface area contributed by atoms with Crippen LogP contribution < -0.4 is 20.5 Å². The van der Waals surface area contributed by atoms with Crippen LogP contribution in [-0.2, 0) is 6.54 Å². The first-order chi connectivity index (χ1) is 10.2. The number of halogens is 1. The number of anilines is 1. The highest BCUT2D eigenvalue weighted by atomic mass is 127. The summed E-state index contributed by atoms with van der Waals surface area (Å²) in [6.45, 7) is 0.424. The molecule has 6 nitrogen and oxygen atoms in total. The molecule has 3 N–H and O–H groups in total. The smallest absolute Gasteiger partial charge is 0.193 e. The van der Waals surface area contributed by atoms with E-state index < -0.39 is 0 Å². The van der Waals surface area contributed by atoms with Gasteiger partial charge in [-0.2, -0.15) is 0 Å². The average Bonchev–Trinajstić information content (AvgIpc) is 2.53. The van der Waals surface area contributed by atoms with Crippen LogP contribution in [0.3, 0.4) is 0 Å². The lowest BCUT2D eigenvalue weighted by molar-refractivity contribution is 0.355. The molecule has 1 heterocycles. The summed E-state index contributed by atoms with van der Waals surface area (Å²) in [6.07, 6.45) is 1.73. The average molecular weight is 414 g/mol. The largest absolute Gasteiger partial charge is 0.493 e. The van der Waals surface area contributed by atoms with Gasteiger partial charge in [0, 0.05) is 18.0 Å². The first-order valence-corrected chi connectivity index (χ1v) is 6.42. The van der Waals surface area contributed by atoms with E-state index >= 15 is 0 Å². The molecule has 0 aliphatic heterocycles. The lowest BCUT2D eigenvalue weighted by atomic mass is 10.3. The Hall–Kier alpha value is -2.03. The van der Waals surface area contributed by atoms with Crippen molar-refractivity contribution in [2.24, 2.45) is 10.7 Å². The number of guanidine groups is 1. The van der Waals surface area contributed by atoms with Crippen molar-refractivity contribution in [3.05, 3.63) is 48.3 Å². The topological polar surface area (TPSA) is 81.8 Å². The fraction of sp³-hybridized carbons (Fsp3) is 0.200. The van der Waals surface area contributed by atoms with E-state index in [0.717, 1.165) is 11.4 Å². The molecule has 0 saturated carbocycles. The minimum absolute atomic E-state index is 0. The SMILES string of the molecule is COc1ccc(NC(N)=NCc2ccccn2)cc1OC.I. The van der Waals surface area contributed by atoms with Crippen LogP contribution in [0.5, 0.6) is 11.5 Å². The normalized spacial score (nSPS) is 10.5. The van der Waals surface area contributed by atoms with Gasteiger partial charge in [-0.1, -0.05) is 6.07 Å². The van der Waals surface area contributed by atoms with E-state index in [1.165, 1.54) is 0 Å². The molecular formula is C15H19IN4O2. The van der Waals surface area contributed by atoms with Crippen LogP contribution in [0.25, 0.3) is 0 Å². The van der Waals surface area contributed by atoms with Gasteiger partial charge in [-0.15, -0.1) is 24.0 Å². The van der Waals surface area contributed by atoms with E-state index in [-0.39, 0.29) is 24.0 Å². The van der Waals surface area contributed by atoms with Crippen molar-refractivity contribution < 1.29 is 9.47 Å². The Bertz CT molecular complexity index is 620. The Morgan fingerprint density at radius 2 is 1.95 bits per heavy atom. The molecule has 0 unspecified atom stereocenters. The quantitative estimate of drug-likeness (QED) is 0.447. The summed E-state index contributed by atoms with van der Waals surface area (Å²) in [5.74, 6) is 1.60. The van der Waals surface area contributed by atoms with Crippen LogP contribution >= 0.6 is 24.0 Å². The molecule has 7 heteroatoms. The van der Waals surface area contributed by atoms with Crippen LogP contribution in [0, 0.1) is 0 Å². The number of pyridine rings is 1. The molecular weight excluding hydrogens is 395 g/mol. The van der Waals surface area contributed by atoms with E-state index in [1.807, 2.05) is 24.3 Å². The molecule has 0 aliphatic rings. The van der Waals surface area contributed by atoms with E-state index in [9.17, 15) is 0 Å². The zero-order valence-corrected chi connectivity index (χ0v) is 14.8. The molecule has 0 saturated heterocycles. The molecule has 0 spiro atoms. The maximum atomic E-state index is 5.85. The van der Waals surface area contributed by atoms with Gasteiger partial charge in [-0.05, 0) is 24.3 Å². The second kappa shape index (κ2) is 9.08. The van der Waals surface area contributed by atoms with E-state index in [0.29, 0.717) is 24.0 Å². The zero-order chi connectivity index (χ0) is 15.1. The zero-order valence-electron chi connectivity index (χ0n) is 12.4. The Balaban J connectivity index is 0.00000242. The fourth-order valence-electron chi connectivity index (χ4n) is 1.76. The molecule has 0 amide bonds. The molecule has 1 aromatic heterocycles. The van der Waals surface area contributed by atoms with Crippen molar-refractivity contribution >= 4 is 35.6 Å². The third-order valence-corrected chi connectivity index (χ3v) is 2.79. The number of methoxy groups -OCH3 is 2. The summed E-state index contributed by atoms with van der Waals surface area (Å²) in [5.41, 5.74) is 7.48. The van der Waals surface area contributed by atoms with Gasteiger partial charge in [0.15, 0.2) is 17.5 Å². The highest BCUT2D eigenvalue weighted by molar-refractivity contribution is 14.0. The van der Waals surface area contributed by atoms with Gasteiger partial charge >= 0.3 is 0 Å². The molecule has 0 bridgehead atoms. The molecule has 118 valence electrons.